The van der Waals surface area contributed by atoms with Crippen LogP contribution >= 0.6 is 39.1 Å². The monoisotopic (exact) mass is 385 g/mol. The van der Waals surface area contributed by atoms with E-state index in [0.717, 1.165) is 32.8 Å². The van der Waals surface area contributed by atoms with Gasteiger partial charge in [-0.2, -0.15) is 0 Å². The number of ether oxygens (including phenoxy) is 1. The fourth-order valence-electron chi connectivity index (χ4n) is 2.63. The van der Waals surface area contributed by atoms with Crippen molar-refractivity contribution in [3.05, 3.63) is 62.0 Å². The minimum Gasteiger partial charge on any atom is -0.485 e. The zero-order chi connectivity index (χ0) is 15.0. The van der Waals surface area contributed by atoms with Gasteiger partial charge < -0.3 is 10.1 Å². The zero-order valence-corrected chi connectivity index (χ0v) is 14.5. The van der Waals surface area contributed by atoms with Crippen molar-refractivity contribution in [2.24, 2.45) is 0 Å². The lowest BCUT2D eigenvalue weighted by molar-refractivity contribution is 0.154. The molecular formula is C16H14BrCl2NO. The second-order valence-electron chi connectivity index (χ2n) is 5.04. The molecule has 1 aliphatic rings. The van der Waals surface area contributed by atoms with E-state index >= 15 is 0 Å². The van der Waals surface area contributed by atoms with E-state index in [1.54, 1.807) is 0 Å². The summed E-state index contributed by atoms with van der Waals surface area (Å²) in [6.07, 6.45) is 0.836. The fourth-order valence-corrected chi connectivity index (χ4v) is 3.33. The van der Waals surface area contributed by atoms with Crippen molar-refractivity contribution < 1.29 is 4.74 Å². The summed E-state index contributed by atoms with van der Waals surface area (Å²) in [4.78, 5) is 0. The molecule has 0 aromatic heterocycles. The Morgan fingerprint density at radius 2 is 2.00 bits per heavy atom. The van der Waals surface area contributed by atoms with E-state index in [-0.39, 0.29) is 12.1 Å². The highest BCUT2D eigenvalue weighted by atomic mass is 79.9. The number of hydrogen-bond acceptors (Lipinski definition) is 2. The maximum absolute atomic E-state index is 6.14. The van der Waals surface area contributed by atoms with Crippen molar-refractivity contribution >= 4 is 39.1 Å². The number of benzene rings is 2. The first-order valence-electron chi connectivity index (χ1n) is 6.67. The van der Waals surface area contributed by atoms with E-state index in [2.05, 4.69) is 21.2 Å². The Labute approximate surface area is 142 Å². The van der Waals surface area contributed by atoms with Crippen LogP contribution in [-0.4, -0.2) is 7.05 Å². The van der Waals surface area contributed by atoms with Gasteiger partial charge in [-0.1, -0.05) is 29.3 Å². The maximum atomic E-state index is 6.14. The van der Waals surface area contributed by atoms with Gasteiger partial charge in [-0.25, -0.2) is 0 Å². The van der Waals surface area contributed by atoms with Crippen LogP contribution in [0.2, 0.25) is 10.0 Å². The third-order valence-electron chi connectivity index (χ3n) is 3.73. The molecule has 0 saturated heterocycles. The standard InChI is InChI=1S/C16H14BrCl2NO/c1-20-14-8-16(9-2-4-13(19)12(17)6-9)21-15-5-3-10(18)7-11(14)15/h2-7,14,16,20H,8H2,1H3. The van der Waals surface area contributed by atoms with E-state index in [1.807, 2.05) is 43.4 Å². The van der Waals surface area contributed by atoms with Gasteiger partial charge >= 0.3 is 0 Å². The normalized spacial score (nSPS) is 20.8. The summed E-state index contributed by atoms with van der Waals surface area (Å²) in [5.74, 6) is 0.876. The molecular weight excluding hydrogens is 373 g/mol. The molecule has 0 spiro atoms. The quantitative estimate of drug-likeness (QED) is 0.731. The Morgan fingerprint density at radius 1 is 1.19 bits per heavy atom. The molecule has 1 aliphatic heterocycles. The van der Waals surface area contributed by atoms with Crippen molar-refractivity contribution in [3.8, 4) is 5.75 Å². The number of fused-ring (bicyclic) bond motifs is 1. The molecule has 0 radical (unpaired) electrons. The smallest absolute Gasteiger partial charge is 0.126 e. The largest absolute Gasteiger partial charge is 0.485 e. The minimum absolute atomic E-state index is 0.00954. The first-order valence-corrected chi connectivity index (χ1v) is 8.21. The predicted octanol–water partition coefficient (Wildman–Crippen LogP) is 5.54. The number of halogens is 3. The van der Waals surface area contributed by atoms with Crippen LogP contribution in [0.3, 0.4) is 0 Å². The molecule has 1 N–H and O–H groups in total. The van der Waals surface area contributed by atoms with Crippen LogP contribution < -0.4 is 10.1 Å². The molecule has 110 valence electrons. The predicted molar refractivity (Wildman–Crippen MR) is 90.4 cm³/mol. The summed E-state index contributed by atoms with van der Waals surface area (Å²) in [6, 6.07) is 11.9. The highest BCUT2D eigenvalue weighted by Crippen LogP contribution is 2.42. The Kier molecular flexibility index (Phi) is 4.46. The zero-order valence-electron chi connectivity index (χ0n) is 11.4. The van der Waals surface area contributed by atoms with Crippen LogP contribution in [0, 0.1) is 0 Å². The van der Waals surface area contributed by atoms with Crippen LogP contribution in [-0.2, 0) is 0 Å². The third-order valence-corrected chi connectivity index (χ3v) is 5.18. The summed E-state index contributed by atoms with van der Waals surface area (Å²) in [7, 11) is 1.95. The molecule has 0 fully saturated rings. The molecule has 2 atom stereocenters. The van der Waals surface area contributed by atoms with E-state index < -0.39 is 0 Å². The Balaban J connectivity index is 1.96. The van der Waals surface area contributed by atoms with Gasteiger partial charge in [0.25, 0.3) is 0 Å². The Bertz CT molecular complexity index is 677. The van der Waals surface area contributed by atoms with Crippen LogP contribution in [0.25, 0.3) is 0 Å². The van der Waals surface area contributed by atoms with Crippen molar-refractivity contribution in [3.63, 3.8) is 0 Å². The molecule has 2 aromatic carbocycles. The van der Waals surface area contributed by atoms with Crippen LogP contribution in [0.1, 0.15) is 29.7 Å². The number of nitrogens with one attached hydrogen (secondary N) is 1. The highest BCUT2D eigenvalue weighted by molar-refractivity contribution is 9.10. The SMILES string of the molecule is CNC1CC(c2ccc(Cl)c(Br)c2)Oc2ccc(Cl)cc21. The minimum atomic E-state index is -0.00954. The second kappa shape index (κ2) is 6.17. The van der Waals surface area contributed by atoms with Crippen molar-refractivity contribution in [1.82, 2.24) is 5.32 Å². The molecule has 0 amide bonds. The van der Waals surface area contributed by atoms with Crippen molar-refractivity contribution in [2.75, 3.05) is 7.05 Å². The molecule has 0 bridgehead atoms. The van der Waals surface area contributed by atoms with Gasteiger partial charge in [-0.15, -0.1) is 0 Å². The van der Waals surface area contributed by atoms with Gasteiger partial charge in [-0.3, -0.25) is 0 Å². The van der Waals surface area contributed by atoms with E-state index in [0.29, 0.717) is 5.02 Å². The first kappa shape index (κ1) is 15.2. The molecule has 2 nitrogen and oxygen atoms in total. The lowest BCUT2D eigenvalue weighted by Crippen LogP contribution is -2.26. The molecule has 21 heavy (non-hydrogen) atoms. The summed E-state index contributed by atoms with van der Waals surface area (Å²) in [5, 5.41) is 4.76. The second-order valence-corrected chi connectivity index (χ2v) is 6.74. The molecule has 2 unspecified atom stereocenters. The van der Waals surface area contributed by atoms with E-state index in [1.165, 1.54) is 0 Å². The van der Waals surface area contributed by atoms with Crippen LogP contribution in [0.5, 0.6) is 5.75 Å². The summed E-state index contributed by atoms with van der Waals surface area (Å²) < 4.78 is 7.02. The highest BCUT2D eigenvalue weighted by Gasteiger charge is 2.28. The summed E-state index contributed by atoms with van der Waals surface area (Å²) in [6.45, 7) is 0. The van der Waals surface area contributed by atoms with Gasteiger partial charge in [0.2, 0.25) is 0 Å². The van der Waals surface area contributed by atoms with Gasteiger partial charge in [0.15, 0.2) is 0 Å². The average molecular weight is 387 g/mol. The lowest BCUT2D eigenvalue weighted by Gasteiger charge is -2.32. The molecule has 1 heterocycles. The number of rotatable bonds is 2. The maximum Gasteiger partial charge on any atom is 0.126 e. The van der Waals surface area contributed by atoms with Crippen molar-refractivity contribution in [2.45, 2.75) is 18.6 Å². The van der Waals surface area contributed by atoms with E-state index in [4.69, 9.17) is 27.9 Å². The Hall–Kier alpha value is -0.740. The third kappa shape index (κ3) is 3.07. The van der Waals surface area contributed by atoms with Crippen LogP contribution in [0.4, 0.5) is 0 Å². The molecule has 3 rings (SSSR count). The average Bonchev–Trinajstić information content (AvgIpc) is 2.49. The molecule has 2 aromatic rings. The van der Waals surface area contributed by atoms with Crippen LogP contribution in [0.15, 0.2) is 40.9 Å². The van der Waals surface area contributed by atoms with Gasteiger partial charge in [0.1, 0.15) is 11.9 Å². The molecule has 5 heteroatoms. The number of hydrogen-bond donors (Lipinski definition) is 1. The lowest BCUT2D eigenvalue weighted by atomic mass is 9.93. The summed E-state index contributed by atoms with van der Waals surface area (Å²) >= 11 is 15.6. The first-order chi connectivity index (χ1) is 10.1. The Morgan fingerprint density at radius 3 is 2.71 bits per heavy atom. The fraction of sp³-hybridized carbons (Fsp3) is 0.250. The topological polar surface area (TPSA) is 21.3 Å². The molecule has 0 aliphatic carbocycles. The van der Waals surface area contributed by atoms with Gasteiger partial charge in [0, 0.05) is 27.5 Å². The molecule has 0 saturated carbocycles. The summed E-state index contributed by atoms with van der Waals surface area (Å²) in [5.41, 5.74) is 2.21. The van der Waals surface area contributed by atoms with E-state index in [9.17, 15) is 0 Å². The van der Waals surface area contributed by atoms with Crippen molar-refractivity contribution in [1.29, 1.82) is 0 Å². The van der Waals surface area contributed by atoms with Gasteiger partial charge in [0.05, 0.1) is 5.02 Å². The van der Waals surface area contributed by atoms with Gasteiger partial charge in [-0.05, 0) is 58.9 Å².